The summed E-state index contributed by atoms with van der Waals surface area (Å²) in [6, 6.07) is 1.92. The van der Waals surface area contributed by atoms with Gasteiger partial charge in [-0.15, -0.1) is 11.3 Å². The van der Waals surface area contributed by atoms with Crippen LogP contribution in [0.3, 0.4) is 0 Å². The molecule has 2 aromatic rings. The van der Waals surface area contributed by atoms with Crippen LogP contribution in [0.15, 0.2) is 11.4 Å². The molecule has 1 N–H and O–H groups in total. The van der Waals surface area contributed by atoms with E-state index in [-0.39, 0.29) is 5.91 Å². The van der Waals surface area contributed by atoms with Gasteiger partial charge in [-0.2, -0.15) is 0 Å². The number of aromatic nitrogens is 1. The fourth-order valence-electron chi connectivity index (χ4n) is 2.38. The van der Waals surface area contributed by atoms with Crippen LogP contribution in [-0.2, 0) is 17.7 Å². The molecule has 8 heteroatoms. The molecular weight excluding hydrogens is 334 g/mol. The average Bonchev–Trinajstić information content (AvgIpc) is 3.11. The number of nitrogens with zero attached hydrogens (tertiary/aromatic N) is 2. The van der Waals surface area contributed by atoms with Crippen LogP contribution in [0.2, 0.25) is 0 Å². The van der Waals surface area contributed by atoms with Crippen molar-refractivity contribution in [2.45, 2.75) is 26.8 Å². The number of rotatable bonds is 3. The molecule has 0 saturated heterocycles. The molecule has 1 aliphatic heterocycles. The lowest BCUT2D eigenvalue weighted by molar-refractivity contribution is 0.0741. The quantitative estimate of drug-likeness (QED) is 0.921. The van der Waals surface area contributed by atoms with Crippen LogP contribution in [0.1, 0.15) is 32.7 Å². The van der Waals surface area contributed by atoms with Gasteiger partial charge in [0.15, 0.2) is 5.13 Å². The molecule has 122 valence electrons. The molecule has 0 bridgehead atoms. The number of carbonyl (C=O) groups excluding carboxylic acids is 2. The van der Waals surface area contributed by atoms with Crippen LogP contribution < -0.4 is 5.32 Å². The Bertz CT molecular complexity index is 738. The largest absolute Gasteiger partial charge is 0.450 e. The lowest BCUT2D eigenvalue weighted by atomic mass is 10.1. The fourth-order valence-corrected chi connectivity index (χ4v) is 4.25. The number of aryl methyl sites for hydroxylation is 1. The Morgan fingerprint density at radius 2 is 2.30 bits per heavy atom. The summed E-state index contributed by atoms with van der Waals surface area (Å²) < 4.78 is 4.85. The van der Waals surface area contributed by atoms with Crippen LogP contribution in [0, 0.1) is 6.92 Å². The number of thiazole rings is 1. The molecule has 6 nitrogen and oxygen atoms in total. The van der Waals surface area contributed by atoms with Crippen molar-refractivity contribution in [1.29, 1.82) is 0 Å². The van der Waals surface area contributed by atoms with E-state index < -0.39 is 6.09 Å². The van der Waals surface area contributed by atoms with Crippen LogP contribution in [0.4, 0.5) is 9.93 Å². The SMILES string of the molecule is CCOC(=O)Nc1nc2c(s1)CN(C(=O)c1cc(C)cs1)CC2. The van der Waals surface area contributed by atoms with E-state index in [1.54, 1.807) is 6.92 Å². The van der Waals surface area contributed by atoms with Crippen molar-refractivity contribution in [2.75, 3.05) is 18.5 Å². The van der Waals surface area contributed by atoms with Gasteiger partial charge in [-0.1, -0.05) is 11.3 Å². The molecule has 0 unspecified atom stereocenters. The summed E-state index contributed by atoms with van der Waals surface area (Å²) in [7, 11) is 0. The highest BCUT2D eigenvalue weighted by atomic mass is 32.1. The highest BCUT2D eigenvalue weighted by molar-refractivity contribution is 7.16. The highest BCUT2D eigenvalue weighted by Gasteiger charge is 2.26. The average molecular weight is 351 g/mol. The summed E-state index contributed by atoms with van der Waals surface area (Å²) in [6.45, 7) is 5.23. The minimum Gasteiger partial charge on any atom is -0.450 e. The molecule has 23 heavy (non-hydrogen) atoms. The van der Waals surface area contributed by atoms with Crippen molar-refractivity contribution in [2.24, 2.45) is 0 Å². The Kier molecular flexibility index (Phi) is 4.63. The van der Waals surface area contributed by atoms with E-state index in [2.05, 4.69) is 10.3 Å². The number of nitrogens with one attached hydrogen (secondary N) is 1. The smallest absolute Gasteiger partial charge is 0.413 e. The molecule has 0 radical (unpaired) electrons. The monoisotopic (exact) mass is 351 g/mol. The van der Waals surface area contributed by atoms with Gasteiger partial charge in [-0.3, -0.25) is 10.1 Å². The Morgan fingerprint density at radius 1 is 1.48 bits per heavy atom. The van der Waals surface area contributed by atoms with Gasteiger partial charge in [-0.25, -0.2) is 9.78 Å². The molecule has 0 saturated carbocycles. The minimum absolute atomic E-state index is 0.0575. The van der Waals surface area contributed by atoms with Gasteiger partial charge in [0.25, 0.3) is 5.91 Å². The van der Waals surface area contributed by atoms with Gasteiger partial charge < -0.3 is 9.64 Å². The summed E-state index contributed by atoms with van der Waals surface area (Å²) in [5, 5.41) is 5.13. The first-order valence-corrected chi connectivity index (χ1v) is 9.03. The molecule has 0 aliphatic carbocycles. The second kappa shape index (κ2) is 6.67. The van der Waals surface area contributed by atoms with E-state index in [1.165, 1.54) is 22.7 Å². The summed E-state index contributed by atoms with van der Waals surface area (Å²) in [5.41, 5.74) is 2.06. The summed E-state index contributed by atoms with van der Waals surface area (Å²) >= 11 is 2.87. The molecule has 3 rings (SSSR count). The van der Waals surface area contributed by atoms with E-state index in [4.69, 9.17) is 4.74 Å². The van der Waals surface area contributed by atoms with Gasteiger partial charge >= 0.3 is 6.09 Å². The molecule has 2 amide bonds. The third kappa shape index (κ3) is 3.53. The molecular formula is C15H17N3O3S2. The van der Waals surface area contributed by atoms with Crippen molar-refractivity contribution >= 4 is 39.8 Å². The predicted octanol–water partition coefficient (Wildman–Crippen LogP) is 3.28. The third-order valence-electron chi connectivity index (χ3n) is 3.44. The highest BCUT2D eigenvalue weighted by Crippen LogP contribution is 2.29. The number of fused-ring (bicyclic) bond motifs is 1. The van der Waals surface area contributed by atoms with Gasteiger partial charge in [0.05, 0.1) is 23.7 Å². The van der Waals surface area contributed by atoms with E-state index in [0.29, 0.717) is 31.2 Å². The zero-order chi connectivity index (χ0) is 16.4. The second-order valence-electron chi connectivity index (χ2n) is 5.20. The van der Waals surface area contributed by atoms with Crippen molar-refractivity contribution in [3.63, 3.8) is 0 Å². The molecule has 0 aromatic carbocycles. The molecule has 0 atom stereocenters. The maximum absolute atomic E-state index is 12.5. The third-order valence-corrected chi connectivity index (χ3v) is 5.48. The lowest BCUT2D eigenvalue weighted by Gasteiger charge is -2.25. The summed E-state index contributed by atoms with van der Waals surface area (Å²) in [4.78, 5) is 32.0. The number of hydrogen-bond acceptors (Lipinski definition) is 6. The van der Waals surface area contributed by atoms with Crippen LogP contribution in [0.25, 0.3) is 0 Å². The van der Waals surface area contributed by atoms with Gasteiger partial charge in [0.2, 0.25) is 0 Å². The molecule has 1 aliphatic rings. The van der Waals surface area contributed by atoms with E-state index in [9.17, 15) is 9.59 Å². The molecule has 3 heterocycles. The number of thiophene rings is 1. The normalized spacial score (nSPS) is 13.6. The first kappa shape index (κ1) is 15.9. The van der Waals surface area contributed by atoms with Gasteiger partial charge in [-0.05, 0) is 30.9 Å². The van der Waals surface area contributed by atoms with E-state index >= 15 is 0 Å². The molecule has 0 fully saturated rings. The minimum atomic E-state index is -0.499. The Morgan fingerprint density at radius 3 is 3.00 bits per heavy atom. The van der Waals surface area contributed by atoms with E-state index in [0.717, 1.165) is 21.0 Å². The Hall–Kier alpha value is -1.93. The number of anilines is 1. The van der Waals surface area contributed by atoms with Crippen molar-refractivity contribution in [3.05, 3.63) is 32.5 Å². The maximum Gasteiger partial charge on any atom is 0.413 e. The molecule has 2 aromatic heterocycles. The zero-order valence-corrected chi connectivity index (χ0v) is 14.6. The molecule has 0 spiro atoms. The first-order valence-electron chi connectivity index (χ1n) is 7.33. The number of carbonyl (C=O) groups is 2. The number of hydrogen-bond donors (Lipinski definition) is 1. The van der Waals surface area contributed by atoms with Crippen molar-refractivity contribution in [3.8, 4) is 0 Å². The predicted molar refractivity (Wildman–Crippen MR) is 90.3 cm³/mol. The van der Waals surface area contributed by atoms with E-state index in [1.807, 2.05) is 23.3 Å². The topological polar surface area (TPSA) is 71.5 Å². The summed E-state index contributed by atoms with van der Waals surface area (Å²) in [5.74, 6) is 0.0575. The van der Waals surface area contributed by atoms with Gasteiger partial charge in [0, 0.05) is 17.8 Å². The van der Waals surface area contributed by atoms with Crippen molar-refractivity contribution in [1.82, 2.24) is 9.88 Å². The fraction of sp³-hybridized carbons (Fsp3) is 0.400. The number of amides is 2. The Labute approximate surface area is 142 Å². The lowest BCUT2D eigenvalue weighted by Crippen LogP contribution is -2.35. The first-order chi connectivity index (χ1) is 11.1. The zero-order valence-electron chi connectivity index (χ0n) is 12.9. The summed E-state index contributed by atoms with van der Waals surface area (Å²) in [6.07, 6.45) is 0.201. The Balaban J connectivity index is 1.69. The maximum atomic E-state index is 12.5. The van der Waals surface area contributed by atoms with Crippen LogP contribution in [-0.4, -0.2) is 35.0 Å². The van der Waals surface area contributed by atoms with Crippen LogP contribution in [0.5, 0.6) is 0 Å². The van der Waals surface area contributed by atoms with Crippen molar-refractivity contribution < 1.29 is 14.3 Å². The van der Waals surface area contributed by atoms with Gasteiger partial charge in [0.1, 0.15) is 0 Å². The standard InChI is InChI=1S/C15H17N3O3S2/c1-3-21-15(20)17-14-16-10-4-5-18(7-12(10)23-14)13(19)11-6-9(2)8-22-11/h6,8H,3-5,7H2,1-2H3,(H,16,17,20). The van der Waals surface area contributed by atoms with Crippen LogP contribution >= 0.6 is 22.7 Å². The number of ether oxygens (including phenoxy) is 1. The second-order valence-corrected chi connectivity index (χ2v) is 7.19.